The van der Waals surface area contributed by atoms with E-state index in [0.29, 0.717) is 11.8 Å². The van der Waals surface area contributed by atoms with Crippen LogP contribution in [0.3, 0.4) is 0 Å². The number of fused-ring (bicyclic) bond motifs is 1. The second-order valence-corrected chi connectivity index (χ2v) is 11.2. The van der Waals surface area contributed by atoms with Crippen LogP contribution in [0.1, 0.15) is 37.4 Å². The van der Waals surface area contributed by atoms with Crippen molar-refractivity contribution in [3.63, 3.8) is 0 Å². The number of aryl methyl sites for hydroxylation is 1. The predicted octanol–water partition coefficient (Wildman–Crippen LogP) is 5.92. The molecule has 0 unspecified atom stereocenters. The van der Waals surface area contributed by atoms with Crippen molar-refractivity contribution in [2.45, 2.75) is 32.6 Å². The Hall–Kier alpha value is -2.07. The summed E-state index contributed by atoms with van der Waals surface area (Å²) >= 11 is 0. The molecule has 164 valence electrons. The summed E-state index contributed by atoms with van der Waals surface area (Å²) in [5.41, 5.74) is 5.17. The van der Waals surface area contributed by atoms with Crippen LogP contribution < -0.4 is 15.9 Å². The SMILES string of the molecule is CC(C)[C@H]1CCc2ccc(-c3ccccc3[PH+](c3ccccc3)c3ccccc3)nc21.[Pt]. The largest absolute Gasteiger partial charge is 0.252 e. The van der Waals surface area contributed by atoms with Crippen LogP contribution in [0.15, 0.2) is 97.1 Å². The van der Waals surface area contributed by atoms with Crippen molar-refractivity contribution in [3.05, 3.63) is 108 Å². The molecule has 3 heteroatoms. The molecule has 1 nitrogen and oxygen atoms in total. The van der Waals surface area contributed by atoms with Crippen molar-refractivity contribution < 1.29 is 21.1 Å². The molecule has 4 aromatic rings. The second kappa shape index (κ2) is 10.2. The fourth-order valence-corrected chi connectivity index (χ4v) is 7.65. The normalized spacial score (nSPS) is 14.9. The maximum Gasteiger partial charge on any atom is 0.111 e. The molecular formula is C29H29NPPt+. The maximum atomic E-state index is 5.27. The Morgan fingerprint density at radius 2 is 1.34 bits per heavy atom. The molecule has 0 spiro atoms. The summed E-state index contributed by atoms with van der Waals surface area (Å²) in [6.45, 7) is 4.65. The average molecular weight is 618 g/mol. The quantitative estimate of drug-likeness (QED) is 0.254. The van der Waals surface area contributed by atoms with E-state index in [-0.39, 0.29) is 21.1 Å². The van der Waals surface area contributed by atoms with Gasteiger partial charge in [0.05, 0.1) is 13.6 Å². The van der Waals surface area contributed by atoms with Crippen molar-refractivity contribution in [1.82, 2.24) is 4.98 Å². The molecule has 1 aromatic heterocycles. The summed E-state index contributed by atoms with van der Waals surface area (Å²) in [5, 5.41) is 4.23. The van der Waals surface area contributed by atoms with Crippen LogP contribution in [0.4, 0.5) is 0 Å². The zero-order valence-corrected chi connectivity index (χ0v) is 21.8. The number of benzene rings is 3. The molecule has 0 bridgehead atoms. The Labute approximate surface area is 207 Å². The fourth-order valence-electron chi connectivity index (χ4n) is 4.89. The molecule has 0 aliphatic heterocycles. The van der Waals surface area contributed by atoms with Gasteiger partial charge in [0.1, 0.15) is 15.9 Å². The second-order valence-electron chi connectivity index (χ2n) is 8.78. The van der Waals surface area contributed by atoms with Gasteiger partial charge in [-0.05, 0) is 66.8 Å². The van der Waals surface area contributed by atoms with Gasteiger partial charge in [-0.3, -0.25) is 4.98 Å². The van der Waals surface area contributed by atoms with E-state index in [0.717, 1.165) is 12.1 Å². The summed E-state index contributed by atoms with van der Waals surface area (Å²) in [6, 6.07) is 35.5. The van der Waals surface area contributed by atoms with Gasteiger partial charge in [-0.2, -0.15) is 0 Å². The van der Waals surface area contributed by atoms with E-state index in [1.165, 1.54) is 39.2 Å². The molecule has 0 N–H and O–H groups in total. The van der Waals surface area contributed by atoms with Crippen molar-refractivity contribution in [1.29, 1.82) is 0 Å². The van der Waals surface area contributed by atoms with E-state index in [9.17, 15) is 0 Å². The van der Waals surface area contributed by atoms with Crippen LogP contribution in [0, 0.1) is 5.92 Å². The standard InChI is InChI=1S/C29H28NP.Pt/c1-21(2)25-19-17-22-18-20-27(30-29(22)25)26-15-9-10-16-28(26)31(23-11-5-3-6-12-23)24-13-7-4-8-14-24;/h3-16,18,20-21,25H,17,19H2,1-2H3;/p+1/t25-;/m1./s1. The van der Waals surface area contributed by atoms with E-state index in [2.05, 4.69) is 111 Å². The van der Waals surface area contributed by atoms with Crippen molar-refractivity contribution >= 4 is 23.8 Å². The first-order chi connectivity index (χ1) is 15.2. The monoisotopic (exact) mass is 617 g/mol. The van der Waals surface area contributed by atoms with Crippen LogP contribution in [-0.4, -0.2) is 4.98 Å². The summed E-state index contributed by atoms with van der Waals surface area (Å²) in [5.74, 6) is 1.21. The van der Waals surface area contributed by atoms with E-state index < -0.39 is 7.92 Å². The van der Waals surface area contributed by atoms with Gasteiger partial charge in [0.2, 0.25) is 0 Å². The topological polar surface area (TPSA) is 12.9 Å². The van der Waals surface area contributed by atoms with Gasteiger partial charge in [0.25, 0.3) is 0 Å². The van der Waals surface area contributed by atoms with Gasteiger partial charge in [-0.1, -0.05) is 68.4 Å². The van der Waals surface area contributed by atoms with Gasteiger partial charge in [-0.25, -0.2) is 0 Å². The zero-order valence-electron chi connectivity index (χ0n) is 18.6. The third kappa shape index (κ3) is 4.52. The number of pyridine rings is 1. The van der Waals surface area contributed by atoms with E-state index in [1.807, 2.05) is 0 Å². The number of aromatic nitrogens is 1. The fraction of sp³-hybridized carbons (Fsp3) is 0.207. The predicted molar refractivity (Wildman–Crippen MR) is 136 cm³/mol. The smallest absolute Gasteiger partial charge is 0.111 e. The van der Waals surface area contributed by atoms with Crippen molar-refractivity contribution in [2.24, 2.45) is 5.92 Å². The van der Waals surface area contributed by atoms with Crippen molar-refractivity contribution in [2.75, 3.05) is 0 Å². The minimum absolute atomic E-state index is 0. The molecule has 0 saturated heterocycles. The van der Waals surface area contributed by atoms with Crippen LogP contribution in [0.25, 0.3) is 11.3 Å². The Bertz CT molecular complexity index is 1130. The molecule has 0 saturated carbocycles. The number of rotatable bonds is 5. The Morgan fingerprint density at radius 1 is 0.750 bits per heavy atom. The Balaban J connectivity index is 0.00000245. The zero-order chi connectivity index (χ0) is 21.2. The van der Waals surface area contributed by atoms with E-state index in [4.69, 9.17) is 4.98 Å². The molecule has 1 aliphatic carbocycles. The molecular weight excluding hydrogens is 588 g/mol. The average Bonchev–Trinajstić information content (AvgIpc) is 3.25. The molecule has 1 atom stereocenters. The van der Waals surface area contributed by atoms with Gasteiger partial charge in [0, 0.05) is 38.2 Å². The minimum atomic E-state index is -1.14. The molecule has 0 radical (unpaired) electrons. The van der Waals surface area contributed by atoms with Gasteiger partial charge in [-0.15, -0.1) is 0 Å². The Morgan fingerprint density at radius 3 is 1.97 bits per heavy atom. The van der Waals surface area contributed by atoms with Crippen LogP contribution >= 0.6 is 7.92 Å². The Kier molecular flexibility index (Phi) is 7.40. The summed E-state index contributed by atoms with van der Waals surface area (Å²) in [6.07, 6.45) is 2.39. The van der Waals surface area contributed by atoms with Crippen LogP contribution in [0.2, 0.25) is 0 Å². The molecule has 3 aromatic carbocycles. The first kappa shape index (κ1) is 23.1. The third-order valence-corrected chi connectivity index (χ3v) is 9.29. The van der Waals surface area contributed by atoms with Crippen molar-refractivity contribution in [3.8, 4) is 11.3 Å². The number of nitrogens with zero attached hydrogens (tertiary/aromatic N) is 1. The summed E-state index contributed by atoms with van der Waals surface area (Å²) in [4.78, 5) is 5.27. The molecule has 1 aliphatic rings. The van der Waals surface area contributed by atoms with Crippen LogP contribution in [-0.2, 0) is 27.5 Å². The number of hydrogen-bond acceptors (Lipinski definition) is 1. The molecule has 32 heavy (non-hydrogen) atoms. The molecule has 5 rings (SSSR count). The molecule has 1 heterocycles. The van der Waals surface area contributed by atoms with Crippen LogP contribution in [0.5, 0.6) is 0 Å². The first-order valence-electron chi connectivity index (χ1n) is 11.3. The van der Waals surface area contributed by atoms with Gasteiger partial charge >= 0.3 is 0 Å². The summed E-state index contributed by atoms with van der Waals surface area (Å²) in [7, 11) is -1.14. The minimum Gasteiger partial charge on any atom is -0.252 e. The van der Waals surface area contributed by atoms with Gasteiger partial charge in [0.15, 0.2) is 0 Å². The maximum absolute atomic E-state index is 5.27. The summed E-state index contributed by atoms with van der Waals surface area (Å²) < 4.78 is 0. The molecule has 0 fully saturated rings. The number of hydrogen-bond donors (Lipinski definition) is 0. The first-order valence-corrected chi connectivity index (χ1v) is 12.8. The van der Waals surface area contributed by atoms with E-state index in [1.54, 1.807) is 0 Å². The van der Waals surface area contributed by atoms with E-state index >= 15 is 0 Å². The molecule has 0 amide bonds. The third-order valence-electron chi connectivity index (χ3n) is 6.49. The van der Waals surface area contributed by atoms with Gasteiger partial charge < -0.3 is 0 Å².